The van der Waals surface area contributed by atoms with E-state index in [1.807, 2.05) is 0 Å². The lowest BCUT2D eigenvalue weighted by Gasteiger charge is -2.10. The van der Waals surface area contributed by atoms with Crippen molar-refractivity contribution in [1.29, 1.82) is 0 Å². The maximum Gasteiger partial charge on any atom is 0.223 e. The van der Waals surface area contributed by atoms with Crippen LogP contribution in [0.5, 0.6) is 0 Å². The number of hydrogen-bond donors (Lipinski definition) is 0. The van der Waals surface area contributed by atoms with Crippen LogP contribution in [-0.2, 0) is 0 Å². The van der Waals surface area contributed by atoms with Crippen molar-refractivity contribution in [3.05, 3.63) is 5.53 Å². The minimum Gasteiger partial charge on any atom is -0.363 e. The van der Waals surface area contributed by atoms with Crippen molar-refractivity contribution in [2.24, 2.45) is 0 Å². The van der Waals surface area contributed by atoms with Crippen LogP contribution in [0.3, 0.4) is 0 Å². The van der Waals surface area contributed by atoms with Crippen molar-refractivity contribution >= 4 is 14.6 Å². The van der Waals surface area contributed by atoms with Gasteiger partial charge in [-0.1, -0.05) is 19.3 Å². The highest BCUT2D eigenvalue weighted by atomic mass is 28.3. The summed E-state index contributed by atoms with van der Waals surface area (Å²) in [5.74, 6) is 1.80. The first kappa shape index (κ1) is 6.71. The van der Waals surface area contributed by atoms with Gasteiger partial charge in [-0.3, -0.25) is 0 Å². The van der Waals surface area contributed by atoms with E-state index in [1.54, 1.807) is 5.84 Å². The van der Waals surface area contributed by atoms with E-state index in [9.17, 15) is 0 Å². The molecule has 9 heavy (non-hydrogen) atoms. The first-order valence-corrected chi connectivity index (χ1v) is 5.91. The lowest BCUT2D eigenvalue weighted by molar-refractivity contribution is 0.00697. The maximum atomic E-state index is 8.22. The smallest absolute Gasteiger partial charge is 0.223 e. The summed E-state index contributed by atoms with van der Waals surface area (Å²) in [6, 6.07) is 2.70. The van der Waals surface area contributed by atoms with Crippen LogP contribution in [0.4, 0.5) is 0 Å². The summed E-state index contributed by atoms with van der Waals surface area (Å²) in [5, 5.41) is 0. The van der Waals surface area contributed by atoms with Crippen LogP contribution in [0.25, 0.3) is 5.53 Å². The average molecular weight is 140 g/mol. The van der Waals surface area contributed by atoms with E-state index in [1.165, 1.54) is 31.4 Å². The second-order valence-electron chi connectivity index (χ2n) is 2.66. The molecule has 1 saturated heterocycles. The lowest BCUT2D eigenvalue weighted by atomic mass is 10.3. The van der Waals surface area contributed by atoms with Crippen molar-refractivity contribution < 1.29 is 4.79 Å². The molecule has 1 heterocycles. The highest BCUT2D eigenvalue weighted by Crippen LogP contribution is 2.16. The predicted octanol–water partition coefficient (Wildman–Crippen LogP) is 1.24. The highest BCUT2D eigenvalue weighted by Gasteiger charge is 2.16. The molecule has 0 aromatic rings. The zero-order valence-corrected chi connectivity index (χ0v) is 6.74. The molecule has 1 aliphatic heterocycles. The van der Waals surface area contributed by atoms with E-state index >= 15 is 0 Å². The summed E-state index contributed by atoms with van der Waals surface area (Å²) in [6.45, 7) is 0. The van der Waals surface area contributed by atoms with Crippen LogP contribution in [0, 0.1) is 0 Å². The molecule has 1 fully saturated rings. The van der Waals surface area contributed by atoms with E-state index in [0.29, 0.717) is 0 Å². The van der Waals surface area contributed by atoms with Gasteiger partial charge in [-0.25, -0.2) is 0 Å². The van der Waals surface area contributed by atoms with Crippen molar-refractivity contribution in [2.75, 3.05) is 0 Å². The molecule has 0 N–H and O–H groups in total. The average Bonchev–Trinajstić information content (AvgIpc) is 1.91. The summed E-state index contributed by atoms with van der Waals surface area (Å²) in [6.07, 6.45) is 4.12. The Kier molecular flexibility index (Phi) is 2.68. The van der Waals surface area contributed by atoms with Gasteiger partial charge in [-0.15, -0.1) is 0 Å². The van der Waals surface area contributed by atoms with Gasteiger partial charge in [-0.05, 0) is 12.1 Å². The molecule has 50 valence electrons. The Morgan fingerprint density at radius 1 is 1.22 bits per heavy atom. The Bertz CT molecular complexity index is 123. The SMILES string of the molecule is [N-]=[N+]=C[SiH]1CCCCC1. The first-order chi connectivity index (χ1) is 4.43. The summed E-state index contributed by atoms with van der Waals surface area (Å²) < 4.78 is 0. The van der Waals surface area contributed by atoms with E-state index in [4.69, 9.17) is 5.53 Å². The van der Waals surface area contributed by atoms with E-state index < -0.39 is 8.80 Å². The summed E-state index contributed by atoms with van der Waals surface area (Å²) in [7, 11) is -0.668. The first-order valence-electron chi connectivity index (χ1n) is 3.61. The third kappa shape index (κ3) is 2.12. The molecule has 0 aromatic heterocycles. The van der Waals surface area contributed by atoms with Gasteiger partial charge in [0.05, 0.1) is 0 Å². The molecule has 2 nitrogen and oxygen atoms in total. The summed E-state index contributed by atoms with van der Waals surface area (Å²) in [5.41, 5.74) is 8.22. The molecule has 1 aliphatic rings. The Morgan fingerprint density at radius 2 is 1.89 bits per heavy atom. The molecule has 0 aromatic carbocycles. The summed E-state index contributed by atoms with van der Waals surface area (Å²) in [4.78, 5) is 3.10. The Balaban J connectivity index is 2.31. The Hall–Kier alpha value is -0.403. The second kappa shape index (κ2) is 3.59. The molecular weight excluding hydrogens is 128 g/mol. The van der Waals surface area contributed by atoms with Gasteiger partial charge in [0.15, 0.2) is 8.80 Å². The van der Waals surface area contributed by atoms with Crippen molar-refractivity contribution in [3.63, 3.8) is 0 Å². The topological polar surface area (TPSA) is 36.4 Å². The second-order valence-corrected chi connectivity index (χ2v) is 5.64. The van der Waals surface area contributed by atoms with E-state index in [-0.39, 0.29) is 0 Å². The van der Waals surface area contributed by atoms with Gasteiger partial charge in [-0.2, -0.15) is 4.79 Å². The van der Waals surface area contributed by atoms with Gasteiger partial charge in [0.1, 0.15) is 0 Å². The standard InChI is InChI=1S/C6H12N2Si/c7-8-6-9-4-2-1-3-5-9/h6,9H,1-5H2. The molecular formula is C6H12N2Si. The molecule has 0 spiro atoms. The maximum absolute atomic E-state index is 8.22. The van der Waals surface area contributed by atoms with Gasteiger partial charge >= 0.3 is 0 Å². The van der Waals surface area contributed by atoms with Crippen LogP contribution in [0.2, 0.25) is 12.1 Å². The third-order valence-electron chi connectivity index (χ3n) is 1.93. The van der Waals surface area contributed by atoms with Crippen LogP contribution >= 0.6 is 0 Å². The van der Waals surface area contributed by atoms with Crippen LogP contribution in [-0.4, -0.2) is 19.4 Å². The molecule has 0 radical (unpaired) electrons. The predicted molar refractivity (Wildman–Crippen MR) is 40.3 cm³/mol. The number of hydrogen-bond acceptors (Lipinski definition) is 0. The highest BCUT2D eigenvalue weighted by molar-refractivity contribution is 6.84. The molecule has 3 heteroatoms. The molecule has 0 aliphatic carbocycles. The van der Waals surface area contributed by atoms with E-state index in [2.05, 4.69) is 4.79 Å². The molecule has 0 unspecified atom stereocenters. The van der Waals surface area contributed by atoms with Crippen LogP contribution in [0.1, 0.15) is 19.3 Å². The largest absolute Gasteiger partial charge is 0.363 e. The fraction of sp³-hybridized carbons (Fsp3) is 0.833. The number of nitrogens with zero attached hydrogens (tertiary/aromatic N) is 2. The van der Waals surface area contributed by atoms with Crippen molar-refractivity contribution in [1.82, 2.24) is 0 Å². The minimum atomic E-state index is -0.668. The monoisotopic (exact) mass is 140 g/mol. The lowest BCUT2D eigenvalue weighted by Crippen LogP contribution is -2.18. The quantitative estimate of drug-likeness (QED) is 0.227. The van der Waals surface area contributed by atoms with Gasteiger partial charge in [0, 0.05) is 0 Å². The number of rotatable bonds is 1. The molecule has 0 atom stereocenters. The zero-order valence-electron chi connectivity index (χ0n) is 5.58. The van der Waals surface area contributed by atoms with E-state index in [0.717, 1.165) is 0 Å². The third-order valence-corrected chi connectivity index (χ3v) is 4.78. The molecule has 0 saturated carbocycles. The Morgan fingerprint density at radius 3 is 2.44 bits per heavy atom. The molecule has 1 rings (SSSR count). The fourth-order valence-electron chi connectivity index (χ4n) is 1.38. The zero-order chi connectivity index (χ0) is 6.53. The minimum absolute atomic E-state index is 0.668. The fourth-order valence-corrected chi connectivity index (χ4v) is 3.78. The van der Waals surface area contributed by atoms with Crippen molar-refractivity contribution in [2.45, 2.75) is 31.4 Å². The van der Waals surface area contributed by atoms with Crippen LogP contribution < -0.4 is 0 Å². The van der Waals surface area contributed by atoms with Crippen LogP contribution in [0.15, 0.2) is 0 Å². The molecule has 0 amide bonds. The van der Waals surface area contributed by atoms with Gasteiger partial charge in [0.25, 0.3) is 0 Å². The summed E-state index contributed by atoms with van der Waals surface area (Å²) >= 11 is 0. The normalized spacial score (nSPS) is 20.9. The van der Waals surface area contributed by atoms with Gasteiger partial charge < -0.3 is 5.53 Å². The van der Waals surface area contributed by atoms with Gasteiger partial charge in [0.2, 0.25) is 5.84 Å². The molecule has 0 bridgehead atoms. The van der Waals surface area contributed by atoms with Crippen molar-refractivity contribution in [3.8, 4) is 0 Å². The Labute approximate surface area is 57.1 Å².